The van der Waals surface area contributed by atoms with Gasteiger partial charge in [-0.2, -0.15) is 0 Å². The Balaban J connectivity index is 1.64. The third-order valence-electron chi connectivity index (χ3n) is 4.16. The highest BCUT2D eigenvalue weighted by Gasteiger charge is 2.17. The molecule has 0 amide bonds. The number of nitrogens with zero attached hydrogens (tertiary/aromatic N) is 5. The zero-order chi connectivity index (χ0) is 16.7. The SMILES string of the molecule is Cc1c(C)n(C(=O)CSc2nnc3ncccn23)c2ccccc12. The molecule has 0 bridgehead atoms. The maximum atomic E-state index is 12.8. The Morgan fingerprint density at radius 3 is 2.88 bits per heavy atom. The number of rotatable bonds is 3. The molecule has 0 fully saturated rings. The van der Waals surface area contributed by atoms with E-state index in [0.29, 0.717) is 10.9 Å². The summed E-state index contributed by atoms with van der Waals surface area (Å²) in [6.07, 6.45) is 3.51. The summed E-state index contributed by atoms with van der Waals surface area (Å²) in [5.41, 5.74) is 3.07. The molecule has 0 aliphatic heterocycles. The fourth-order valence-corrected chi connectivity index (χ4v) is 3.62. The lowest BCUT2D eigenvalue weighted by Gasteiger charge is -2.06. The summed E-state index contributed by atoms with van der Waals surface area (Å²) in [7, 11) is 0. The first kappa shape index (κ1) is 14.9. The smallest absolute Gasteiger partial charge is 0.255 e. The largest absolute Gasteiger partial charge is 0.284 e. The number of aryl methyl sites for hydroxylation is 1. The molecule has 0 spiro atoms. The van der Waals surface area contributed by atoms with Crippen molar-refractivity contribution in [2.24, 2.45) is 0 Å². The van der Waals surface area contributed by atoms with Gasteiger partial charge in [-0.25, -0.2) is 4.98 Å². The van der Waals surface area contributed by atoms with Crippen LogP contribution in [0.3, 0.4) is 0 Å². The van der Waals surface area contributed by atoms with Crippen molar-refractivity contribution >= 4 is 34.3 Å². The summed E-state index contributed by atoms with van der Waals surface area (Å²) in [5, 5.41) is 9.89. The molecule has 0 radical (unpaired) electrons. The molecule has 4 aromatic rings. The van der Waals surface area contributed by atoms with Crippen molar-refractivity contribution in [3.63, 3.8) is 0 Å². The molecular formula is C17H15N5OS. The Labute approximate surface area is 142 Å². The Hall–Kier alpha value is -2.67. The quantitative estimate of drug-likeness (QED) is 0.537. The standard InChI is InChI=1S/C17H15N5OS/c1-11-12(2)22(14-7-4-3-6-13(11)14)15(23)10-24-17-20-19-16-18-8-5-9-21(16)17/h3-9H,10H2,1-2H3. The summed E-state index contributed by atoms with van der Waals surface area (Å²) in [6, 6.07) is 9.79. The molecule has 0 aliphatic carbocycles. The zero-order valence-corrected chi connectivity index (χ0v) is 14.1. The minimum Gasteiger partial charge on any atom is -0.284 e. The van der Waals surface area contributed by atoms with Crippen LogP contribution in [0.2, 0.25) is 0 Å². The Morgan fingerprint density at radius 1 is 1.17 bits per heavy atom. The second-order valence-corrected chi connectivity index (χ2v) is 6.46. The van der Waals surface area contributed by atoms with Crippen LogP contribution in [0.1, 0.15) is 16.1 Å². The number of aromatic nitrogens is 5. The fourth-order valence-electron chi connectivity index (χ4n) is 2.86. The van der Waals surface area contributed by atoms with Gasteiger partial charge in [0.15, 0.2) is 5.16 Å². The van der Waals surface area contributed by atoms with Gasteiger partial charge in [0.2, 0.25) is 5.91 Å². The summed E-state index contributed by atoms with van der Waals surface area (Å²) >= 11 is 1.37. The van der Waals surface area contributed by atoms with Crippen molar-refractivity contribution in [1.82, 2.24) is 24.1 Å². The number of hydrogen-bond acceptors (Lipinski definition) is 5. The topological polar surface area (TPSA) is 65.1 Å². The molecule has 3 heterocycles. The van der Waals surface area contributed by atoms with E-state index in [4.69, 9.17) is 0 Å². The summed E-state index contributed by atoms with van der Waals surface area (Å²) in [4.78, 5) is 16.9. The van der Waals surface area contributed by atoms with Crippen molar-refractivity contribution in [2.45, 2.75) is 19.0 Å². The molecule has 0 saturated heterocycles. The van der Waals surface area contributed by atoms with Crippen LogP contribution in [0.4, 0.5) is 0 Å². The van der Waals surface area contributed by atoms with Crippen LogP contribution in [0.5, 0.6) is 0 Å². The normalized spacial score (nSPS) is 11.4. The van der Waals surface area contributed by atoms with Gasteiger partial charge in [-0.3, -0.25) is 13.8 Å². The monoisotopic (exact) mass is 337 g/mol. The third kappa shape index (κ3) is 2.28. The van der Waals surface area contributed by atoms with E-state index in [1.807, 2.05) is 50.4 Å². The van der Waals surface area contributed by atoms with Crippen molar-refractivity contribution in [3.8, 4) is 0 Å². The highest BCUT2D eigenvalue weighted by molar-refractivity contribution is 7.99. The van der Waals surface area contributed by atoms with Crippen molar-refractivity contribution in [3.05, 3.63) is 54.0 Å². The number of hydrogen-bond donors (Lipinski definition) is 0. The maximum Gasteiger partial charge on any atom is 0.255 e. The highest BCUT2D eigenvalue weighted by Crippen LogP contribution is 2.26. The summed E-state index contributed by atoms with van der Waals surface area (Å²) < 4.78 is 3.57. The minimum atomic E-state index is 0.0300. The molecule has 24 heavy (non-hydrogen) atoms. The average molecular weight is 337 g/mol. The maximum absolute atomic E-state index is 12.8. The third-order valence-corrected chi connectivity index (χ3v) is 5.09. The number of para-hydroxylation sites is 1. The first-order valence-electron chi connectivity index (χ1n) is 7.55. The van der Waals surface area contributed by atoms with Gasteiger partial charge < -0.3 is 0 Å². The van der Waals surface area contributed by atoms with E-state index in [1.54, 1.807) is 15.2 Å². The zero-order valence-electron chi connectivity index (χ0n) is 13.3. The Bertz CT molecular complexity index is 1070. The van der Waals surface area contributed by atoms with Crippen LogP contribution in [-0.4, -0.2) is 35.8 Å². The van der Waals surface area contributed by atoms with Crippen molar-refractivity contribution in [1.29, 1.82) is 0 Å². The van der Waals surface area contributed by atoms with Crippen LogP contribution < -0.4 is 0 Å². The fraction of sp³-hybridized carbons (Fsp3) is 0.176. The van der Waals surface area contributed by atoms with E-state index < -0.39 is 0 Å². The van der Waals surface area contributed by atoms with E-state index in [9.17, 15) is 4.79 Å². The van der Waals surface area contributed by atoms with Crippen LogP contribution in [0.15, 0.2) is 47.9 Å². The van der Waals surface area contributed by atoms with E-state index >= 15 is 0 Å². The summed E-state index contributed by atoms with van der Waals surface area (Å²) in [5.74, 6) is 0.850. The molecule has 0 saturated carbocycles. The van der Waals surface area contributed by atoms with E-state index in [-0.39, 0.29) is 11.7 Å². The lowest BCUT2D eigenvalue weighted by molar-refractivity contribution is 0.0945. The average Bonchev–Trinajstić information content (AvgIpc) is 3.13. The number of carbonyl (C=O) groups excluding carboxylic acids is 1. The van der Waals surface area contributed by atoms with E-state index in [0.717, 1.165) is 22.2 Å². The first-order valence-corrected chi connectivity index (χ1v) is 8.54. The van der Waals surface area contributed by atoms with Gasteiger partial charge in [0.05, 0.1) is 11.3 Å². The highest BCUT2D eigenvalue weighted by atomic mass is 32.2. The first-order chi connectivity index (χ1) is 11.7. The van der Waals surface area contributed by atoms with Crippen LogP contribution in [-0.2, 0) is 0 Å². The molecule has 3 aromatic heterocycles. The second-order valence-electron chi connectivity index (χ2n) is 5.52. The van der Waals surface area contributed by atoms with Gasteiger partial charge in [0.25, 0.3) is 5.78 Å². The van der Waals surface area contributed by atoms with Gasteiger partial charge in [-0.05, 0) is 31.5 Å². The van der Waals surface area contributed by atoms with Gasteiger partial charge in [-0.15, -0.1) is 10.2 Å². The van der Waals surface area contributed by atoms with Crippen LogP contribution >= 0.6 is 11.8 Å². The van der Waals surface area contributed by atoms with E-state index in [1.165, 1.54) is 11.8 Å². The molecule has 6 nitrogen and oxygen atoms in total. The predicted molar refractivity (Wildman–Crippen MR) is 93.5 cm³/mol. The van der Waals surface area contributed by atoms with Gasteiger partial charge in [-0.1, -0.05) is 30.0 Å². The molecule has 4 rings (SSSR count). The Kier molecular flexibility index (Phi) is 3.57. The van der Waals surface area contributed by atoms with Crippen LogP contribution in [0.25, 0.3) is 16.7 Å². The molecule has 7 heteroatoms. The van der Waals surface area contributed by atoms with Crippen molar-refractivity contribution < 1.29 is 4.79 Å². The minimum absolute atomic E-state index is 0.0300. The molecule has 120 valence electrons. The second kappa shape index (κ2) is 5.76. The Morgan fingerprint density at radius 2 is 2.00 bits per heavy atom. The molecular weight excluding hydrogens is 322 g/mol. The molecule has 1 aromatic carbocycles. The predicted octanol–water partition coefficient (Wildman–Crippen LogP) is 3.13. The van der Waals surface area contributed by atoms with Gasteiger partial charge >= 0.3 is 0 Å². The number of carbonyl (C=O) groups is 1. The molecule has 0 atom stereocenters. The van der Waals surface area contributed by atoms with E-state index in [2.05, 4.69) is 15.2 Å². The number of benzene rings is 1. The number of fused-ring (bicyclic) bond motifs is 2. The lowest BCUT2D eigenvalue weighted by atomic mass is 10.2. The van der Waals surface area contributed by atoms with Gasteiger partial charge in [0.1, 0.15) is 0 Å². The molecule has 0 N–H and O–H groups in total. The van der Waals surface area contributed by atoms with Gasteiger partial charge in [0, 0.05) is 23.5 Å². The number of thioether (sulfide) groups is 1. The van der Waals surface area contributed by atoms with Crippen LogP contribution in [0, 0.1) is 13.8 Å². The lowest BCUT2D eigenvalue weighted by Crippen LogP contribution is -2.15. The summed E-state index contributed by atoms with van der Waals surface area (Å²) in [6.45, 7) is 4.03. The van der Waals surface area contributed by atoms with Crippen molar-refractivity contribution in [2.75, 3.05) is 5.75 Å². The molecule has 0 aliphatic rings. The molecule has 0 unspecified atom stereocenters.